The van der Waals surface area contributed by atoms with Gasteiger partial charge in [0.25, 0.3) is 0 Å². The monoisotopic (exact) mass is 558 g/mol. The van der Waals surface area contributed by atoms with Crippen molar-refractivity contribution < 1.29 is 34.8 Å². The van der Waals surface area contributed by atoms with E-state index >= 15 is 0 Å². The van der Waals surface area contributed by atoms with Crippen molar-refractivity contribution in [1.29, 1.82) is 0 Å². The van der Waals surface area contributed by atoms with Gasteiger partial charge in [0.05, 0.1) is 5.56 Å². The number of aliphatic hydroxyl groups is 3. The zero-order valence-corrected chi connectivity index (χ0v) is 24.6. The molecule has 3 aliphatic rings. The third kappa shape index (κ3) is 3.71. The van der Waals surface area contributed by atoms with Crippen molar-refractivity contribution in [3.63, 3.8) is 0 Å². The van der Waals surface area contributed by atoms with Gasteiger partial charge >= 0.3 is 0 Å². The molecule has 0 heterocycles. The van der Waals surface area contributed by atoms with Gasteiger partial charge in [-0.2, -0.15) is 0 Å². The summed E-state index contributed by atoms with van der Waals surface area (Å²) in [7, 11) is 0. The van der Waals surface area contributed by atoms with Crippen LogP contribution in [0.25, 0.3) is 16.9 Å². The van der Waals surface area contributed by atoms with E-state index in [9.17, 15) is 34.8 Å². The van der Waals surface area contributed by atoms with Gasteiger partial charge in [0.2, 0.25) is 5.78 Å². The maximum Gasteiger partial charge on any atom is 0.203 e. The minimum atomic E-state index is -2.61. The zero-order valence-electron chi connectivity index (χ0n) is 24.6. The number of carbonyl (C=O) groups is 3. The van der Waals surface area contributed by atoms with Gasteiger partial charge in [0.1, 0.15) is 22.8 Å². The lowest BCUT2D eigenvalue weighted by molar-refractivity contribution is -0.178. The molecule has 4 N–H and O–H groups in total. The quantitative estimate of drug-likeness (QED) is 0.339. The summed E-state index contributed by atoms with van der Waals surface area (Å²) in [5, 5.41) is 46.1. The number of phenols is 1. The Kier molecular flexibility index (Phi) is 6.43. The number of Topliss-reactive ketones (excluding diaryl/α,β-unsaturated/α-hetero) is 3. The lowest BCUT2D eigenvalue weighted by atomic mass is 9.43. The minimum Gasteiger partial charge on any atom is -0.508 e. The second-order valence-corrected chi connectivity index (χ2v) is 13.2. The maximum absolute atomic E-state index is 14.4. The molecule has 1 saturated carbocycles. The molecule has 0 amide bonds. The molecule has 3 aliphatic carbocycles. The fourth-order valence-corrected chi connectivity index (χ4v) is 8.04. The molecule has 0 saturated heterocycles. The Morgan fingerprint density at radius 3 is 2.10 bits per heavy atom. The lowest BCUT2D eigenvalue weighted by Gasteiger charge is -2.59. The van der Waals surface area contributed by atoms with Crippen LogP contribution in [0, 0.1) is 22.7 Å². The Bertz CT molecular complexity index is 1570. The van der Waals surface area contributed by atoms with Crippen molar-refractivity contribution in [2.45, 2.75) is 72.8 Å². The molecule has 2 aromatic rings. The molecule has 0 spiro atoms. The van der Waals surface area contributed by atoms with E-state index in [4.69, 9.17) is 0 Å². The Morgan fingerprint density at radius 1 is 0.951 bits per heavy atom. The summed E-state index contributed by atoms with van der Waals surface area (Å²) in [5.41, 5.74) is -2.26. The fourth-order valence-electron chi connectivity index (χ4n) is 8.04. The highest BCUT2D eigenvalue weighted by molar-refractivity contribution is 6.24. The molecule has 0 radical (unpaired) electrons. The summed E-state index contributed by atoms with van der Waals surface area (Å²) in [4.78, 5) is 40.6. The molecule has 7 heteroatoms. The lowest BCUT2D eigenvalue weighted by Crippen LogP contribution is -2.69. The Hall–Kier alpha value is -3.71. The summed E-state index contributed by atoms with van der Waals surface area (Å²) < 4.78 is 0. The van der Waals surface area contributed by atoms with Crippen molar-refractivity contribution >= 4 is 23.1 Å². The first kappa shape index (κ1) is 28.8. The number of aromatic hydroxyl groups is 1. The van der Waals surface area contributed by atoms with Gasteiger partial charge in [-0.3, -0.25) is 14.4 Å². The molecule has 4 atom stereocenters. The predicted octanol–water partition coefficient (Wildman–Crippen LogP) is 5.98. The topological polar surface area (TPSA) is 132 Å². The van der Waals surface area contributed by atoms with Crippen molar-refractivity contribution in [3.8, 4) is 16.9 Å². The number of fused-ring (bicyclic) bond motifs is 3. The highest BCUT2D eigenvalue weighted by Gasteiger charge is 2.72. The van der Waals surface area contributed by atoms with E-state index in [1.165, 1.54) is 11.6 Å². The summed E-state index contributed by atoms with van der Waals surface area (Å²) >= 11 is 0. The zero-order chi connectivity index (χ0) is 30.4. The molecule has 41 heavy (non-hydrogen) atoms. The second-order valence-electron chi connectivity index (χ2n) is 13.2. The van der Waals surface area contributed by atoms with Crippen LogP contribution in [-0.2, 0) is 20.8 Å². The highest BCUT2D eigenvalue weighted by Crippen LogP contribution is 2.65. The van der Waals surface area contributed by atoms with E-state index < -0.39 is 56.8 Å². The number of aliphatic hydroxyl groups excluding tert-OH is 2. The van der Waals surface area contributed by atoms with Gasteiger partial charge in [0.15, 0.2) is 17.2 Å². The smallest absolute Gasteiger partial charge is 0.203 e. The molecule has 2 aromatic carbocycles. The maximum atomic E-state index is 14.4. The number of carbonyl (C=O) groups excluding carboxylic acids is 3. The van der Waals surface area contributed by atoms with Gasteiger partial charge in [-0.25, -0.2) is 0 Å². The first-order chi connectivity index (χ1) is 19.0. The first-order valence-electron chi connectivity index (χ1n) is 14.2. The molecule has 7 nitrogen and oxygen atoms in total. The number of hydrogen-bond donors (Lipinski definition) is 4. The standard InChI is InChI=1S/C34H38O7/c1-16(2)19-8-10-20(11-9-19)21-12-13-23(36)25-22(21)14-32(6)15-33(7)26(17(3)4)28(37)24(18(5)35)30(39)34(33,41)31(40)27(32)29(25)38/h8-13,16-17,26,36,38-39,41H,14-15H2,1-7H3/t26?,32-,33-,34+/m1/s1. The molecular weight excluding hydrogens is 520 g/mol. The van der Waals surface area contributed by atoms with E-state index in [1.54, 1.807) is 26.8 Å². The van der Waals surface area contributed by atoms with E-state index in [1.807, 2.05) is 31.2 Å². The predicted molar refractivity (Wildman–Crippen MR) is 155 cm³/mol. The number of rotatable bonds is 4. The van der Waals surface area contributed by atoms with Gasteiger partial charge in [0, 0.05) is 22.3 Å². The van der Waals surface area contributed by atoms with Crippen molar-refractivity contribution in [2.24, 2.45) is 22.7 Å². The fraction of sp³-hybridized carbons (Fsp3) is 0.441. The van der Waals surface area contributed by atoms with Crippen LogP contribution >= 0.6 is 0 Å². The average Bonchev–Trinajstić information content (AvgIpc) is 2.86. The van der Waals surface area contributed by atoms with Crippen LogP contribution in [0.15, 0.2) is 53.3 Å². The Balaban J connectivity index is 1.79. The number of phenolic OH excluding ortho intramolecular Hbond substituents is 1. The highest BCUT2D eigenvalue weighted by atomic mass is 16.3. The van der Waals surface area contributed by atoms with Crippen molar-refractivity contribution in [2.75, 3.05) is 0 Å². The van der Waals surface area contributed by atoms with Crippen LogP contribution < -0.4 is 0 Å². The van der Waals surface area contributed by atoms with Crippen LogP contribution in [0.2, 0.25) is 0 Å². The van der Waals surface area contributed by atoms with Crippen LogP contribution in [0.5, 0.6) is 5.75 Å². The minimum absolute atomic E-state index is 0.0618. The number of benzene rings is 2. The first-order valence-corrected chi connectivity index (χ1v) is 14.2. The van der Waals surface area contributed by atoms with Crippen molar-refractivity contribution in [1.82, 2.24) is 0 Å². The summed E-state index contributed by atoms with van der Waals surface area (Å²) in [6.45, 7) is 12.3. The Labute approximate surface area is 240 Å². The SMILES string of the molecule is CC(=O)C1=C(O)[C@]2(O)C(=O)C3=C(O)c4c(O)ccc(-c5ccc(C(C)C)cc5)c4C[C@]3(C)C[C@]2(C)C(C(C)C)C1=O. The molecule has 1 unspecified atom stereocenters. The molecule has 216 valence electrons. The summed E-state index contributed by atoms with van der Waals surface area (Å²) in [6, 6.07) is 11.3. The number of hydrogen-bond acceptors (Lipinski definition) is 7. The van der Waals surface area contributed by atoms with Gasteiger partial charge in [-0.15, -0.1) is 0 Å². The van der Waals surface area contributed by atoms with Crippen LogP contribution in [0.1, 0.15) is 77.5 Å². The van der Waals surface area contributed by atoms with E-state index in [-0.39, 0.29) is 35.6 Å². The summed E-state index contributed by atoms with van der Waals surface area (Å²) in [5.74, 6) is -4.91. The van der Waals surface area contributed by atoms with Gasteiger partial charge in [-0.05, 0) is 59.9 Å². The van der Waals surface area contributed by atoms with Crippen LogP contribution in [0.4, 0.5) is 0 Å². The molecule has 1 fully saturated rings. The van der Waals surface area contributed by atoms with Gasteiger partial charge in [-0.1, -0.05) is 71.9 Å². The molecule has 0 aromatic heterocycles. The average molecular weight is 559 g/mol. The van der Waals surface area contributed by atoms with E-state index in [0.717, 1.165) is 18.1 Å². The van der Waals surface area contributed by atoms with Crippen LogP contribution in [0.3, 0.4) is 0 Å². The van der Waals surface area contributed by atoms with E-state index in [2.05, 4.69) is 13.8 Å². The normalized spacial score (nSPS) is 29.6. The largest absolute Gasteiger partial charge is 0.508 e. The third-order valence-electron chi connectivity index (χ3n) is 9.78. The van der Waals surface area contributed by atoms with E-state index in [0.29, 0.717) is 11.5 Å². The van der Waals surface area contributed by atoms with Crippen molar-refractivity contribution in [3.05, 3.63) is 70.0 Å². The van der Waals surface area contributed by atoms with Crippen LogP contribution in [-0.4, -0.2) is 43.4 Å². The molecule has 0 bridgehead atoms. The molecular formula is C34H38O7. The molecule has 5 rings (SSSR count). The number of ketones is 3. The van der Waals surface area contributed by atoms with Gasteiger partial charge < -0.3 is 20.4 Å². The summed E-state index contributed by atoms with van der Waals surface area (Å²) in [6.07, 6.45) is 0.296. The molecule has 0 aliphatic heterocycles. The second kappa shape index (κ2) is 9.15. The third-order valence-corrected chi connectivity index (χ3v) is 9.78. The Morgan fingerprint density at radius 2 is 1.56 bits per heavy atom. The number of allylic oxidation sites excluding steroid dienone is 1.